The number of benzene rings is 1. The number of rotatable bonds is 3. The third kappa shape index (κ3) is 2.23. The van der Waals surface area contributed by atoms with Gasteiger partial charge in [-0.1, -0.05) is 6.07 Å². The standard InChI is InChI=1S/C10H13BrO2/c1-7-3-4-9(11)10(13-2)8(7)5-6-12/h3-4,12H,5-6H2,1-2H3. The van der Waals surface area contributed by atoms with E-state index in [0.717, 1.165) is 21.3 Å². The molecule has 0 atom stereocenters. The molecule has 0 aliphatic rings. The highest BCUT2D eigenvalue weighted by Crippen LogP contribution is 2.31. The van der Waals surface area contributed by atoms with Crippen molar-refractivity contribution < 1.29 is 9.84 Å². The van der Waals surface area contributed by atoms with Crippen molar-refractivity contribution in [2.75, 3.05) is 13.7 Å². The summed E-state index contributed by atoms with van der Waals surface area (Å²) in [6.07, 6.45) is 0.633. The van der Waals surface area contributed by atoms with Gasteiger partial charge in [-0.2, -0.15) is 0 Å². The van der Waals surface area contributed by atoms with Gasteiger partial charge in [-0.25, -0.2) is 0 Å². The first-order valence-electron chi connectivity index (χ1n) is 4.13. The number of aliphatic hydroxyl groups is 1. The molecule has 0 radical (unpaired) electrons. The van der Waals surface area contributed by atoms with Gasteiger partial charge in [-0.3, -0.25) is 0 Å². The molecule has 0 fully saturated rings. The third-order valence-electron chi connectivity index (χ3n) is 2.01. The van der Waals surface area contributed by atoms with Crippen LogP contribution in [0.25, 0.3) is 0 Å². The van der Waals surface area contributed by atoms with Crippen LogP contribution in [0.15, 0.2) is 16.6 Å². The molecule has 0 spiro atoms. The first-order valence-corrected chi connectivity index (χ1v) is 4.92. The summed E-state index contributed by atoms with van der Waals surface area (Å²) >= 11 is 3.40. The van der Waals surface area contributed by atoms with Crippen LogP contribution in [0, 0.1) is 6.92 Å². The zero-order chi connectivity index (χ0) is 9.84. The van der Waals surface area contributed by atoms with Gasteiger partial charge in [0.15, 0.2) is 0 Å². The largest absolute Gasteiger partial charge is 0.495 e. The number of aryl methyl sites for hydroxylation is 1. The lowest BCUT2D eigenvalue weighted by atomic mass is 10.1. The van der Waals surface area contributed by atoms with Crippen LogP contribution in [0.4, 0.5) is 0 Å². The molecule has 0 saturated heterocycles. The third-order valence-corrected chi connectivity index (χ3v) is 2.64. The van der Waals surface area contributed by atoms with Crippen LogP contribution in [-0.4, -0.2) is 18.8 Å². The van der Waals surface area contributed by atoms with Gasteiger partial charge in [0.2, 0.25) is 0 Å². The lowest BCUT2D eigenvalue weighted by Crippen LogP contribution is -1.99. The van der Waals surface area contributed by atoms with E-state index in [9.17, 15) is 0 Å². The van der Waals surface area contributed by atoms with Crippen LogP contribution in [0.2, 0.25) is 0 Å². The van der Waals surface area contributed by atoms with Gasteiger partial charge in [0.1, 0.15) is 5.75 Å². The number of methoxy groups -OCH3 is 1. The predicted molar refractivity (Wildman–Crippen MR) is 56.2 cm³/mol. The summed E-state index contributed by atoms with van der Waals surface area (Å²) in [5.41, 5.74) is 2.22. The van der Waals surface area contributed by atoms with E-state index in [0.29, 0.717) is 6.42 Å². The van der Waals surface area contributed by atoms with Crippen molar-refractivity contribution in [2.45, 2.75) is 13.3 Å². The van der Waals surface area contributed by atoms with Crippen molar-refractivity contribution in [1.82, 2.24) is 0 Å². The molecule has 1 N–H and O–H groups in total. The average Bonchev–Trinajstić information content (AvgIpc) is 2.12. The van der Waals surface area contributed by atoms with Gasteiger partial charge in [0.25, 0.3) is 0 Å². The summed E-state index contributed by atoms with van der Waals surface area (Å²) in [5, 5.41) is 8.88. The van der Waals surface area contributed by atoms with Crippen LogP contribution in [0.5, 0.6) is 5.75 Å². The molecule has 1 rings (SSSR count). The fourth-order valence-corrected chi connectivity index (χ4v) is 1.87. The minimum absolute atomic E-state index is 0.146. The van der Waals surface area contributed by atoms with Gasteiger partial charge in [0.05, 0.1) is 11.6 Å². The Kier molecular flexibility index (Phi) is 3.75. The molecule has 1 aromatic carbocycles. The SMILES string of the molecule is COc1c(Br)ccc(C)c1CCO. The maximum Gasteiger partial charge on any atom is 0.136 e. The van der Waals surface area contributed by atoms with E-state index in [1.54, 1.807) is 7.11 Å². The highest BCUT2D eigenvalue weighted by molar-refractivity contribution is 9.10. The van der Waals surface area contributed by atoms with Crippen molar-refractivity contribution in [1.29, 1.82) is 0 Å². The van der Waals surface area contributed by atoms with Crippen LogP contribution in [-0.2, 0) is 6.42 Å². The van der Waals surface area contributed by atoms with E-state index >= 15 is 0 Å². The van der Waals surface area contributed by atoms with E-state index in [1.807, 2.05) is 19.1 Å². The Morgan fingerprint density at radius 1 is 1.46 bits per heavy atom. The highest BCUT2D eigenvalue weighted by atomic mass is 79.9. The van der Waals surface area contributed by atoms with Gasteiger partial charge in [-0.15, -0.1) is 0 Å². The van der Waals surface area contributed by atoms with Crippen molar-refractivity contribution in [2.24, 2.45) is 0 Å². The molecule has 3 heteroatoms. The molecule has 0 aliphatic heterocycles. The van der Waals surface area contributed by atoms with Crippen molar-refractivity contribution in [3.8, 4) is 5.75 Å². The zero-order valence-electron chi connectivity index (χ0n) is 7.80. The Bertz CT molecular complexity index is 297. The minimum atomic E-state index is 0.146. The smallest absolute Gasteiger partial charge is 0.136 e. The van der Waals surface area contributed by atoms with E-state index in [1.165, 1.54) is 0 Å². The molecule has 0 bridgehead atoms. The monoisotopic (exact) mass is 244 g/mol. The van der Waals surface area contributed by atoms with Crippen molar-refractivity contribution in [3.63, 3.8) is 0 Å². The maximum atomic E-state index is 8.88. The summed E-state index contributed by atoms with van der Waals surface area (Å²) in [6.45, 7) is 2.16. The molecular weight excluding hydrogens is 232 g/mol. The maximum absolute atomic E-state index is 8.88. The predicted octanol–water partition coefficient (Wildman–Crippen LogP) is 2.30. The number of hydrogen-bond donors (Lipinski definition) is 1. The molecule has 0 aliphatic carbocycles. The Morgan fingerprint density at radius 3 is 2.69 bits per heavy atom. The molecular formula is C10H13BrO2. The Hall–Kier alpha value is -0.540. The molecule has 0 heterocycles. The second kappa shape index (κ2) is 4.63. The normalized spacial score (nSPS) is 10.2. The molecule has 72 valence electrons. The minimum Gasteiger partial charge on any atom is -0.495 e. The van der Waals surface area contributed by atoms with Crippen LogP contribution in [0.1, 0.15) is 11.1 Å². The fraction of sp³-hybridized carbons (Fsp3) is 0.400. The lowest BCUT2D eigenvalue weighted by Gasteiger charge is -2.12. The molecule has 0 saturated carbocycles. The first kappa shape index (κ1) is 10.5. The average molecular weight is 245 g/mol. The summed E-state index contributed by atoms with van der Waals surface area (Å²) in [4.78, 5) is 0. The molecule has 13 heavy (non-hydrogen) atoms. The van der Waals surface area contributed by atoms with Gasteiger partial charge in [-0.05, 0) is 40.9 Å². The van der Waals surface area contributed by atoms with Gasteiger partial charge in [0, 0.05) is 12.2 Å². The Labute approximate surface area is 86.7 Å². The Balaban J connectivity index is 3.18. The number of ether oxygens (including phenoxy) is 1. The second-order valence-corrected chi connectivity index (χ2v) is 3.70. The van der Waals surface area contributed by atoms with E-state index in [2.05, 4.69) is 15.9 Å². The van der Waals surface area contributed by atoms with Crippen molar-refractivity contribution >= 4 is 15.9 Å². The van der Waals surface area contributed by atoms with Gasteiger partial charge >= 0.3 is 0 Å². The van der Waals surface area contributed by atoms with E-state index in [4.69, 9.17) is 9.84 Å². The van der Waals surface area contributed by atoms with Crippen LogP contribution in [0.3, 0.4) is 0 Å². The molecule has 0 aromatic heterocycles. The van der Waals surface area contributed by atoms with E-state index in [-0.39, 0.29) is 6.61 Å². The number of halogens is 1. The Morgan fingerprint density at radius 2 is 2.15 bits per heavy atom. The summed E-state index contributed by atoms with van der Waals surface area (Å²) in [5.74, 6) is 0.828. The molecule has 0 amide bonds. The topological polar surface area (TPSA) is 29.5 Å². The second-order valence-electron chi connectivity index (χ2n) is 2.85. The fourth-order valence-electron chi connectivity index (χ4n) is 1.34. The van der Waals surface area contributed by atoms with Crippen LogP contribution >= 0.6 is 15.9 Å². The lowest BCUT2D eigenvalue weighted by molar-refractivity contribution is 0.296. The molecule has 0 unspecified atom stereocenters. The van der Waals surface area contributed by atoms with Gasteiger partial charge < -0.3 is 9.84 Å². The van der Waals surface area contributed by atoms with E-state index < -0.39 is 0 Å². The zero-order valence-corrected chi connectivity index (χ0v) is 9.39. The first-order chi connectivity index (χ1) is 6.20. The van der Waals surface area contributed by atoms with Crippen LogP contribution < -0.4 is 4.74 Å². The summed E-state index contributed by atoms with van der Waals surface area (Å²) < 4.78 is 6.19. The number of aliphatic hydroxyl groups excluding tert-OH is 1. The summed E-state index contributed by atoms with van der Waals surface area (Å²) in [7, 11) is 1.64. The summed E-state index contributed by atoms with van der Waals surface area (Å²) in [6, 6.07) is 3.96. The quantitative estimate of drug-likeness (QED) is 0.885. The van der Waals surface area contributed by atoms with Crippen molar-refractivity contribution in [3.05, 3.63) is 27.7 Å². The number of hydrogen-bond acceptors (Lipinski definition) is 2. The highest BCUT2D eigenvalue weighted by Gasteiger charge is 2.09. The molecule has 2 nitrogen and oxygen atoms in total. The molecule has 1 aromatic rings.